The van der Waals surface area contributed by atoms with Crippen molar-refractivity contribution >= 4 is 17.8 Å². The van der Waals surface area contributed by atoms with Crippen molar-refractivity contribution in [3.05, 3.63) is 36.6 Å². The summed E-state index contributed by atoms with van der Waals surface area (Å²) in [5.74, 6) is 0.489. The number of aromatic nitrogens is 4. The highest BCUT2D eigenvalue weighted by Gasteiger charge is 2.07. The van der Waals surface area contributed by atoms with Gasteiger partial charge >= 0.3 is 0 Å². The highest BCUT2D eigenvalue weighted by atomic mass is 19.3. The molecule has 21 heavy (non-hydrogen) atoms. The van der Waals surface area contributed by atoms with Gasteiger partial charge in [-0.2, -0.15) is 5.10 Å². The molecule has 0 atom stereocenters. The van der Waals surface area contributed by atoms with Gasteiger partial charge in [0.05, 0.1) is 0 Å². The third-order valence-electron chi connectivity index (χ3n) is 2.69. The number of nitrogens with zero attached hydrogens (tertiary/aromatic N) is 4. The van der Waals surface area contributed by atoms with E-state index in [0.717, 1.165) is 11.2 Å². The molecular formula is C13H15F2N5O. The largest absolute Gasteiger partial charge is 0.332 e. The first-order valence-corrected chi connectivity index (χ1v) is 6.40. The molecule has 0 saturated heterocycles. The van der Waals surface area contributed by atoms with Gasteiger partial charge in [0.25, 0.3) is 6.43 Å². The number of anilines is 1. The molecule has 0 aliphatic rings. The number of hydrogen-bond donors (Lipinski definition) is 1. The fourth-order valence-corrected chi connectivity index (χ4v) is 1.74. The molecule has 2 heterocycles. The molecule has 0 bridgehead atoms. The second-order valence-electron chi connectivity index (χ2n) is 4.21. The first-order chi connectivity index (χ1) is 10.1. The first kappa shape index (κ1) is 14.9. The molecule has 1 N–H and O–H groups in total. The number of alkyl halides is 2. The van der Waals surface area contributed by atoms with Crippen molar-refractivity contribution in [2.75, 3.05) is 5.32 Å². The van der Waals surface area contributed by atoms with Gasteiger partial charge in [0, 0.05) is 37.3 Å². The van der Waals surface area contributed by atoms with E-state index in [1.807, 2.05) is 17.7 Å². The summed E-state index contributed by atoms with van der Waals surface area (Å²) >= 11 is 0. The first-order valence-electron chi connectivity index (χ1n) is 6.40. The van der Waals surface area contributed by atoms with Gasteiger partial charge in [0.2, 0.25) is 5.91 Å². The summed E-state index contributed by atoms with van der Waals surface area (Å²) in [6, 6.07) is 1.46. The van der Waals surface area contributed by atoms with Crippen molar-refractivity contribution < 1.29 is 13.6 Å². The van der Waals surface area contributed by atoms with Crippen LogP contribution in [0.1, 0.15) is 12.7 Å². The Morgan fingerprint density at radius 1 is 1.48 bits per heavy atom. The summed E-state index contributed by atoms with van der Waals surface area (Å²) in [4.78, 5) is 15.8. The maximum atomic E-state index is 12.2. The van der Waals surface area contributed by atoms with Crippen LogP contribution in [0.2, 0.25) is 0 Å². The normalized spacial score (nSPS) is 11.4. The Hall–Kier alpha value is -2.51. The molecule has 0 saturated carbocycles. The van der Waals surface area contributed by atoms with Gasteiger partial charge in [-0.25, -0.2) is 13.8 Å². The Morgan fingerprint density at radius 3 is 3.00 bits per heavy atom. The van der Waals surface area contributed by atoms with E-state index in [1.165, 1.54) is 18.3 Å². The van der Waals surface area contributed by atoms with Gasteiger partial charge in [-0.3, -0.25) is 9.48 Å². The average molecular weight is 295 g/mol. The van der Waals surface area contributed by atoms with Crippen molar-refractivity contribution in [3.8, 4) is 0 Å². The van der Waals surface area contributed by atoms with Crippen LogP contribution < -0.4 is 5.32 Å². The Morgan fingerprint density at radius 2 is 2.29 bits per heavy atom. The number of amides is 1. The summed E-state index contributed by atoms with van der Waals surface area (Å²) in [6.07, 6.45) is 5.25. The molecule has 0 radical (unpaired) electrons. The van der Waals surface area contributed by atoms with Gasteiger partial charge in [0.1, 0.15) is 12.4 Å². The minimum Gasteiger partial charge on any atom is -0.332 e. The second-order valence-corrected chi connectivity index (χ2v) is 4.21. The zero-order chi connectivity index (χ0) is 15.2. The smallest absolute Gasteiger partial charge is 0.257 e. The average Bonchev–Trinajstić information content (AvgIpc) is 3.04. The molecule has 2 rings (SSSR count). The lowest BCUT2D eigenvalue weighted by atomic mass is 10.4. The molecule has 0 fully saturated rings. The molecule has 0 aliphatic carbocycles. The minimum absolute atomic E-state index is 0.226. The Labute approximate surface area is 120 Å². The van der Waals surface area contributed by atoms with Crippen molar-refractivity contribution in [2.24, 2.45) is 0 Å². The molecule has 6 nitrogen and oxygen atoms in total. The fourth-order valence-electron chi connectivity index (χ4n) is 1.74. The van der Waals surface area contributed by atoms with Crippen LogP contribution in [0.25, 0.3) is 6.08 Å². The third kappa shape index (κ3) is 4.23. The summed E-state index contributed by atoms with van der Waals surface area (Å²) in [7, 11) is 0. The monoisotopic (exact) mass is 295 g/mol. The molecular weight excluding hydrogens is 280 g/mol. The lowest BCUT2D eigenvalue weighted by Gasteiger charge is -2.00. The molecule has 112 valence electrons. The summed E-state index contributed by atoms with van der Waals surface area (Å²) in [6.45, 7) is 2.22. The molecule has 2 aromatic heterocycles. The SMILES string of the molecule is CCn1ccnc1C=CC(=O)Nc1ccn(CC(F)F)n1. The quantitative estimate of drug-likeness (QED) is 0.829. The van der Waals surface area contributed by atoms with Gasteiger partial charge in [-0.05, 0) is 13.0 Å². The maximum Gasteiger partial charge on any atom is 0.257 e. The van der Waals surface area contributed by atoms with Crippen molar-refractivity contribution in [3.63, 3.8) is 0 Å². The van der Waals surface area contributed by atoms with Crippen LogP contribution in [0.5, 0.6) is 0 Å². The lowest BCUT2D eigenvalue weighted by molar-refractivity contribution is -0.111. The summed E-state index contributed by atoms with van der Waals surface area (Å²) in [5, 5.41) is 6.31. The van der Waals surface area contributed by atoms with E-state index >= 15 is 0 Å². The van der Waals surface area contributed by atoms with E-state index in [1.54, 1.807) is 12.3 Å². The Bertz CT molecular complexity index is 632. The molecule has 0 unspecified atom stereocenters. The van der Waals surface area contributed by atoms with Crippen LogP contribution in [0.3, 0.4) is 0 Å². The fraction of sp³-hybridized carbons (Fsp3) is 0.308. The second kappa shape index (κ2) is 6.78. The van der Waals surface area contributed by atoms with Gasteiger partial charge < -0.3 is 9.88 Å². The van der Waals surface area contributed by atoms with Crippen molar-refractivity contribution in [1.82, 2.24) is 19.3 Å². The minimum atomic E-state index is -2.48. The van der Waals surface area contributed by atoms with Crippen molar-refractivity contribution in [1.29, 1.82) is 0 Å². The van der Waals surface area contributed by atoms with E-state index in [0.29, 0.717) is 5.82 Å². The Balaban J connectivity index is 1.94. The van der Waals surface area contributed by atoms with E-state index in [2.05, 4.69) is 15.4 Å². The highest BCUT2D eigenvalue weighted by Crippen LogP contribution is 2.06. The molecule has 2 aromatic rings. The maximum absolute atomic E-state index is 12.2. The Kier molecular flexibility index (Phi) is 4.81. The number of imidazole rings is 1. The van der Waals surface area contributed by atoms with Gasteiger partial charge in [0.15, 0.2) is 5.82 Å². The zero-order valence-corrected chi connectivity index (χ0v) is 11.4. The molecule has 1 amide bonds. The number of hydrogen-bond acceptors (Lipinski definition) is 3. The summed E-state index contributed by atoms with van der Waals surface area (Å²) < 4.78 is 27.3. The van der Waals surface area contributed by atoms with Crippen molar-refractivity contribution in [2.45, 2.75) is 26.4 Å². The van der Waals surface area contributed by atoms with E-state index in [4.69, 9.17) is 0 Å². The predicted octanol–water partition coefficient (Wildman–Crippen LogP) is 2.02. The van der Waals surface area contributed by atoms with Gasteiger partial charge in [-0.1, -0.05) is 0 Å². The molecule has 8 heteroatoms. The molecule has 0 spiro atoms. The summed E-state index contributed by atoms with van der Waals surface area (Å²) in [5.41, 5.74) is 0. The van der Waals surface area contributed by atoms with Crippen LogP contribution >= 0.6 is 0 Å². The van der Waals surface area contributed by atoms with Crippen LogP contribution in [-0.2, 0) is 17.9 Å². The van der Waals surface area contributed by atoms with Crippen LogP contribution in [0.15, 0.2) is 30.7 Å². The number of aryl methyl sites for hydroxylation is 1. The zero-order valence-electron chi connectivity index (χ0n) is 11.4. The van der Waals surface area contributed by atoms with Gasteiger partial charge in [-0.15, -0.1) is 0 Å². The number of carbonyl (C=O) groups is 1. The van der Waals surface area contributed by atoms with Crippen LogP contribution in [-0.4, -0.2) is 31.7 Å². The van der Waals surface area contributed by atoms with Crippen LogP contribution in [0, 0.1) is 0 Å². The number of nitrogens with one attached hydrogen (secondary N) is 1. The highest BCUT2D eigenvalue weighted by molar-refractivity contribution is 6.01. The molecule has 0 aromatic carbocycles. The third-order valence-corrected chi connectivity index (χ3v) is 2.69. The predicted molar refractivity (Wildman–Crippen MR) is 73.8 cm³/mol. The lowest BCUT2D eigenvalue weighted by Crippen LogP contribution is -2.11. The van der Waals surface area contributed by atoms with E-state index in [9.17, 15) is 13.6 Å². The number of rotatable bonds is 6. The van der Waals surface area contributed by atoms with Crippen LogP contribution in [0.4, 0.5) is 14.6 Å². The topological polar surface area (TPSA) is 64.7 Å². The molecule has 0 aliphatic heterocycles. The number of halogens is 2. The number of carbonyl (C=O) groups excluding carboxylic acids is 1. The standard InChI is InChI=1S/C13H15F2N5O/c1-2-19-8-6-16-12(19)3-4-13(21)17-11-5-7-20(18-11)9-10(14)15/h3-8,10H,2,9H2,1H3,(H,17,18,21). The van der Waals surface area contributed by atoms with E-state index < -0.39 is 18.9 Å². The van der Waals surface area contributed by atoms with E-state index in [-0.39, 0.29) is 5.82 Å².